The van der Waals surface area contributed by atoms with Gasteiger partial charge in [0.25, 0.3) is 17.4 Å². The normalized spacial score (nSPS) is 13.5. The standard InChI is InChI=1S/C26H29BrF6N4O7.C17H22S/c1-23(2,3)44-22(41)34-17-12-16(25(28,29)30)19(27)35-18(17)20(39)36-37-21(40)24(26(31,32)33,14-42-11-7-10-38)43-13-15-8-5-4-6-9-15;1-17(2,3)18(4,15-11-7-5-8-12-15)16-13-9-6-10-14-16/h4-6,8-9,12,38H,7,10-11,13-14H2,1-3H3,(H,34,41)(H,36,39)(H,37,40);5-14H,1-4H3. The Morgan fingerprint density at radius 1 is 0.790 bits per heavy atom. The predicted octanol–water partition coefficient (Wildman–Crippen LogP) is 10.2. The molecule has 0 radical (unpaired) electrons. The van der Waals surface area contributed by atoms with Crippen molar-refractivity contribution < 1.29 is 60.0 Å². The highest BCUT2D eigenvalue weighted by atomic mass is 79.9. The highest BCUT2D eigenvalue weighted by molar-refractivity contribution is 9.10. The van der Waals surface area contributed by atoms with Crippen molar-refractivity contribution in [1.82, 2.24) is 15.8 Å². The number of aliphatic hydroxyl groups is 1. The minimum Gasteiger partial charge on any atom is -0.444 e. The first-order valence-electron chi connectivity index (χ1n) is 19.0. The van der Waals surface area contributed by atoms with Crippen molar-refractivity contribution in [3.05, 3.63) is 118 Å². The van der Waals surface area contributed by atoms with Crippen molar-refractivity contribution in [3.63, 3.8) is 0 Å². The smallest absolute Gasteiger partial charge is 0.429 e. The number of nitrogens with zero attached hydrogens (tertiary/aromatic N) is 1. The van der Waals surface area contributed by atoms with Gasteiger partial charge in [0.1, 0.15) is 10.2 Å². The van der Waals surface area contributed by atoms with Crippen LogP contribution in [0.1, 0.15) is 69.6 Å². The number of anilines is 1. The first-order valence-corrected chi connectivity index (χ1v) is 21.8. The van der Waals surface area contributed by atoms with Gasteiger partial charge in [-0.25, -0.2) is 9.78 Å². The minimum absolute atomic E-state index is 0.0626. The quantitative estimate of drug-likeness (QED) is 0.0448. The number of alkyl halides is 6. The molecule has 1 heterocycles. The highest BCUT2D eigenvalue weighted by Crippen LogP contribution is 2.67. The van der Waals surface area contributed by atoms with Gasteiger partial charge in [-0.15, -0.1) is 0 Å². The summed E-state index contributed by atoms with van der Waals surface area (Å²) in [6.45, 7) is 8.51. The maximum atomic E-state index is 14.4. The third-order valence-electron chi connectivity index (χ3n) is 8.98. The van der Waals surface area contributed by atoms with E-state index >= 15 is 0 Å². The number of aliphatic hydroxyl groups excluding tert-OH is 1. The first-order chi connectivity index (χ1) is 28.8. The zero-order valence-corrected chi connectivity index (χ0v) is 37.6. The summed E-state index contributed by atoms with van der Waals surface area (Å²) in [6, 6.07) is 29.7. The fourth-order valence-corrected chi connectivity index (χ4v) is 9.11. The number of hydrogen-bond donors (Lipinski definition) is 4. The van der Waals surface area contributed by atoms with Crippen LogP contribution >= 0.6 is 26.0 Å². The number of pyridine rings is 1. The summed E-state index contributed by atoms with van der Waals surface area (Å²) < 4.78 is 98.1. The van der Waals surface area contributed by atoms with Gasteiger partial charge in [-0.2, -0.15) is 36.4 Å². The molecule has 19 heteroatoms. The van der Waals surface area contributed by atoms with Gasteiger partial charge >= 0.3 is 18.4 Å². The molecule has 0 aliphatic rings. The van der Waals surface area contributed by atoms with E-state index in [2.05, 4.69) is 109 Å². The van der Waals surface area contributed by atoms with Crippen LogP contribution in [0.15, 0.2) is 111 Å². The van der Waals surface area contributed by atoms with E-state index in [9.17, 15) is 40.7 Å². The third kappa shape index (κ3) is 13.9. The van der Waals surface area contributed by atoms with E-state index in [0.717, 1.165) is 0 Å². The summed E-state index contributed by atoms with van der Waals surface area (Å²) in [5, 5.41) is 10.9. The topological polar surface area (TPSA) is 148 Å². The van der Waals surface area contributed by atoms with Crippen LogP contribution in [0, 0.1) is 0 Å². The number of benzene rings is 3. The number of ether oxygens (including phenoxy) is 3. The summed E-state index contributed by atoms with van der Waals surface area (Å²) in [6.07, 6.45) is -9.34. The second kappa shape index (κ2) is 21.6. The molecule has 4 N–H and O–H groups in total. The summed E-state index contributed by atoms with van der Waals surface area (Å²) in [5.74, 6) is -3.47. The molecule has 0 spiro atoms. The first kappa shape index (κ1) is 51.7. The Morgan fingerprint density at radius 3 is 1.76 bits per heavy atom. The molecule has 62 heavy (non-hydrogen) atoms. The van der Waals surface area contributed by atoms with Gasteiger partial charge in [-0.3, -0.25) is 25.8 Å². The molecule has 0 saturated heterocycles. The number of carbonyl (C=O) groups excluding carboxylic acids is 3. The zero-order chi connectivity index (χ0) is 46.6. The molecule has 0 fully saturated rings. The number of halogens is 7. The van der Waals surface area contributed by atoms with E-state index in [4.69, 9.17) is 19.3 Å². The molecule has 4 rings (SSSR count). The third-order valence-corrected chi connectivity index (χ3v) is 14.5. The maximum Gasteiger partial charge on any atom is 0.429 e. The molecule has 3 aromatic carbocycles. The summed E-state index contributed by atoms with van der Waals surface area (Å²) in [5.41, 5.74) is -4.51. The van der Waals surface area contributed by atoms with E-state index in [1.807, 2.05) is 5.32 Å². The SMILES string of the molecule is CC(C)(C)OC(=O)Nc1cc(C(F)(F)F)c(Br)nc1C(=O)NNC(=O)C(COCCCO)(OCc1ccccc1)C(F)(F)F.CC(C)(C)S(C)(c1ccccc1)c1ccccc1. The highest BCUT2D eigenvalue weighted by Gasteiger charge is 2.62. The molecule has 1 aromatic heterocycles. The molecule has 3 amide bonds. The van der Waals surface area contributed by atoms with Gasteiger partial charge in [0.05, 0.1) is 24.5 Å². The molecule has 0 bridgehead atoms. The molecular weight excluding hydrogens is 910 g/mol. The Bertz CT molecular complexity index is 2050. The Balaban J connectivity index is 0.000000469. The van der Waals surface area contributed by atoms with E-state index < -0.39 is 92.9 Å². The Labute approximate surface area is 366 Å². The molecule has 11 nitrogen and oxygen atoms in total. The number of hydrogen-bond acceptors (Lipinski definition) is 8. The number of nitrogens with one attached hydrogen (secondary N) is 3. The van der Waals surface area contributed by atoms with Crippen LogP contribution in [-0.4, -0.2) is 76.2 Å². The Hall–Kier alpha value is -4.69. The van der Waals surface area contributed by atoms with Crippen molar-refractivity contribution in [1.29, 1.82) is 0 Å². The maximum absolute atomic E-state index is 14.4. The molecule has 4 aromatic rings. The number of rotatable bonds is 13. The van der Waals surface area contributed by atoms with Crippen LogP contribution in [0.2, 0.25) is 0 Å². The fraction of sp³-hybridized carbons (Fsp3) is 0.395. The monoisotopic (exact) mass is 960 g/mol. The van der Waals surface area contributed by atoms with Crippen molar-refractivity contribution in [3.8, 4) is 0 Å². The van der Waals surface area contributed by atoms with Crippen LogP contribution in [0.3, 0.4) is 0 Å². The largest absolute Gasteiger partial charge is 0.444 e. The minimum atomic E-state index is -5.42. The summed E-state index contributed by atoms with van der Waals surface area (Å²) in [7, 11) is -1.01. The lowest BCUT2D eigenvalue weighted by Gasteiger charge is -2.48. The van der Waals surface area contributed by atoms with E-state index in [1.54, 1.807) is 16.9 Å². The van der Waals surface area contributed by atoms with Crippen LogP contribution in [0.25, 0.3) is 0 Å². The zero-order valence-electron chi connectivity index (χ0n) is 35.2. The van der Waals surface area contributed by atoms with Crippen LogP contribution in [-0.2, 0) is 31.8 Å². The predicted molar refractivity (Wildman–Crippen MR) is 228 cm³/mol. The van der Waals surface area contributed by atoms with Crippen molar-refractivity contribution in [2.45, 2.75) is 92.7 Å². The van der Waals surface area contributed by atoms with Gasteiger partial charge in [-0.1, -0.05) is 87.5 Å². The Kier molecular flexibility index (Phi) is 18.0. The molecule has 1 unspecified atom stereocenters. The molecule has 340 valence electrons. The lowest BCUT2D eigenvalue weighted by atomic mass is 10.0. The molecule has 0 aliphatic heterocycles. The average Bonchev–Trinajstić information content (AvgIpc) is 3.19. The van der Waals surface area contributed by atoms with Crippen LogP contribution in [0.5, 0.6) is 0 Å². The van der Waals surface area contributed by atoms with Crippen molar-refractivity contribution >= 4 is 49.6 Å². The summed E-state index contributed by atoms with van der Waals surface area (Å²) in [4.78, 5) is 44.7. The lowest BCUT2D eigenvalue weighted by Crippen LogP contribution is -2.64. The van der Waals surface area contributed by atoms with E-state index in [-0.39, 0.29) is 23.3 Å². The lowest BCUT2D eigenvalue weighted by molar-refractivity contribution is -0.284. The fourth-order valence-electron chi connectivity index (χ4n) is 5.50. The molecule has 1 atom stereocenters. The second-order valence-electron chi connectivity index (χ2n) is 15.6. The van der Waals surface area contributed by atoms with Gasteiger partial charge in [-0.05, 0) is 99.8 Å². The van der Waals surface area contributed by atoms with Gasteiger partial charge in [0, 0.05) is 13.2 Å². The van der Waals surface area contributed by atoms with Crippen LogP contribution < -0.4 is 16.2 Å². The average molecular weight is 962 g/mol. The molecule has 0 aliphatic carbocycles. The Morgan fingerprint density at radius 2 is 1.31 bits per heavy atom. The second-order valence-corrected chi connectivity index (χ2v) is 20.4. The van der Waals surface area contributed by atoms with Gasteiger partial charge in [0.2, 0.25) is 0 Å². The number of aromatic nitrogens is 1. The van der Waals surface area contributed by atoms with E-state index in [0.29, 0.717) is 6.07 Å². The van der Waals surface area contributed by atoms with Crippen molar-refractivity contribution in [2.75, 3.05) is 31.4 Å². The summed E-state index contributed by atoms with van der Waals surface area (Å²) >= 11 is 2.58. The van der Waals surface area contributed by atoms with E-state index in [1.165, 1.54) is 54.8 Å². The molecular formula is C43H51BrF6N4O7S. The van der Waals surface area contributed by atoms with Crippen LogP contribution in [0.4, 0.5) is 36.8 Å². The van der Waals surface area contributed by atoms with Gasteiger partial charge < -0.3 is 19.3 Å². The molecule has 0 saturated carbocycles. The number of amides is 3. The van der Waals surface area contributed by atoms with Gasteiger partial charge in [0.15, 0.2) is 5.69 Å². The van der Waals surface area contributed by atoms with Crippen molar-refractivity contribution in [2.24, 2.45) is 0 Å². The number of hydrazine groups is 1. The number of carbonyl (C=O) groups is 3.